The molecule has 0 aliphatic carbocycles. The second-order valence-electron chi connectivity index (χ2n) is 3.39. The van der Waals surface area contributed by atoms with Crippen molar-refractivity contribution < 1.29 is 8.83 Å². The van der Waals surface area contributed by atoms with Crippen molar-refractivity contribution >= 4 is 0 Å². The summed E-state index contributed by atoms with van der Waals surface area (Å²) in [6, 6.07) is 7.91. The van der Waals surface area contributed by atoms with Crippen molar-refractivity contribution in [3.05, 3.63) is 47.8 Å². The van der Waals surface area contributed by atoms with E-state index in [9.17, 15) is 0 Å². The molecule has 0 N–H and O–H groups in total. The molecule has 2 aromatic heterocycles. The smallest absolute Gasteiger partial charge is 0.114 e. The fraction of sp³-hybridized carbons (Fsp3) is 0.333. The number of hydrogen-bond donors (Lipinski definition) is 0. The van der Waals surface area contributed by atoms with Gasteiger partial charge in [-0.3, -0.25) is 0 Å². The van der Waals surface area contributed by atoms with Gasteiger partial charge < -0.3 is 8.83 Å². The summed E-state index contributed by atoms with van der Waals surface area (Å²) in [7, 11) is 0. The Bertz CT molecular complexity index is 384. The van der Waals surface area contributed by atoms with Gasteiger partial charge in [0.05, 0.1) is 12.2 Å². The van der Waals surface area contributed by atoms with E-state index in [4.69, 9.17) is 8.83 Å². The van der Waals surface area contributed by atoms with Crippen LogP contribution in [0.3, 0.4) is 0 Å². The summed E-state index contributed by atoms with van der Waals surface area (Å²) in [5, 5.41) is 0. The fourth-order valence-electron chi connectivity index (χ4n) is 1.50. The highest BCUT2D eigenvalue weighted by atomic mass is 16.4. The maximum Gasteiger partial charge on any atom is 0.114 e. The van der Waals surface area contributed by atoms with Crippen molar-refractivity contribution in [3.8, 4) is 0 Å². The monoisotopic (exact) mass is 190 g/mol. The van der Waals surface area contributed by atoms with Crippen LogP contribution in [0.1, 0.15) is 37.0 Å². The van der Waals surface area contributed by atoms with E-state index in [-0.39, 0.29) is 5.92 Å². The normalized spacial score (nSPS) is 13.0. The largest absolute Gasteiger partial charge is 0.469 e. The summed E-state index contributed by atoms with van der Waals surface area (Å²) in [4.78, 5) is 0. The number of furan rings is 2. The van der Waals surface area contributed by atoms with E-state index in [1.165, 1.54) is 0 Å². The second-order valence-corrected chi connectivity index (χ2v) is 3.39. The molecule has 0 radical (unpaired) electrons. The first-order valence-electron chi connectivity index (χ1n) is 4.93. The average Bonchev–Trinajstić information content (AvgIpc) is 2.88. The molecule has 0 spiro atoms. The Labute approximate surface area is 83.5 Å². The van der Waals surface area contributed by atoms with Crippen LogP contribution in [0.15, 0.2) is 39.4 Å². The zero-order valence-electron chi connectivity index (χ0n) is 8.49. The zero-order valence-corrected chi connectivity index (χ0v) is 8.49. The first-order chi connectivity index (χ1) is 6.81. The minimum atomic E-state index is 0.199. The summed E-state index contributed by atoms with van der Waals surface area (Å²) in [6.07, 6.45) is 2.63. The summed E-state index contributed by atoms with van der Waals surface area (Å²) in [5.74, 6) is 3.14. The SMILES string of the molecule is CCc1ccc(C(C)c2ccco2)o1. The lowest BCUT2D eigenvalue weighted by Gasteiger charge is -2.03. The van der Waals surface area contributed by atoms with Crippen LogP contribution >= 0.6 is 0 Å². The van der Waals surface area contributed by atoms with Gasteiger partial charge in [0.15, 0.2) is 0 Å². The predicted molar refractivity (Wildman–Crippen MR) is 54.3 cm³/mol. The van der Waals surface area contributed by atoms with Crippen molar-refractivity contribution in [2.24, 2.45) is 0 Å². The first kappa shape index (κ1) is 9.13. The minimum absolute atomic E-state index is 0.199. The molecule has 1 unspecified atom stereocenters. The van der Waals surface area contributed by atoms with Gasteiger partial charge >= 0.3 is 0 Å². The van der Waals surface area contributed by atoms with Crippen molar-refractivity contribution in [1.82, 2.24) is 0 Å². The summed E-state index contributed by atoms with van der Waals surface area (Å²) in [5.41, 5.74) is 0. The van der Waals surface area contributed by atoms with Crippen molar-refractivity contribution in [3.63, 3.8) is 0 Å². The maximum absolute atomic E-state index is 5.66. The van der Waals surface area contributed by atoms with Crippen LogP contribution in [-0.4, -0.2) is 0 Å². The molecule has 2 heteroatoms. The Morgan fingerprint density at radius 2 is 2.07 bits per heavy atom. The van der Waals surface area contributed by atoms with E-state index in [1.54, 1.807) is 6.26 Å². The highest BCUT2D eigenvalue weighted by Gasteiger charge is 2.14. The molecule has 0 bridgehead atoms. The first-order valence-corrected chi connectivity index (χ1v) is 4.93. The molecule has 0 aromatic carbocycles. The van der Waals surface area contributed by atoms with Crippen LogP contribution in [0, 0.1) is 0 Å². The van der Waals surface area contributed by atoms with Gasteiger partial charge in [0, 0.05) is 6.42 Å². The molecule has 0 aliphatic heterocycles. The molecule has 0 fully saturated rings. The molecular weight excluding hydrogens is 176 g/mol. The van der Waals surface area contributed by atoms with E-state index in [1.807, 2.05) is 24.3 Å². The molecular formula is C12H14O2. The Kier molecular flexibility index (Phi) is 2.44. The van der Waals surface area contributed by atoms with Crippen LogP contribution < -0.4 is 0 Å². The lowest BCUT2D eigenvalue weighted by atomic mass is 10.1. The number of hydrogen-bond acceptors (Lipinski definition) is 2. The summed E-state index contributed by atoms with van der Waals surface area (Å²) < 4.78 is 11.0. The third kappa shape index (κ3) is 1.60. The Hall–Kier alpha value is -1.44. The summed E-state index contributed by atoms with van der Waals surface area (Å²) >= 11 is 0. The molecule has 74 valence electrons. The second kappa shape index (κ2) is 3.74. The minimum Gasteiger partial charge on any atom is -0.469 e. The molecule has 2 heterocycles. The van der Waals surface area contributed by atoms with Crippen LogP contribution in [0.2, 0.25) is 0 Å². The molecule has 0 saturated carbocycles. The lowest BCUT2D eigenvalue weighted by molar-refractivity contribution is 0.421. The molecule has 0 saturated heterocycles. The molecule has 2 nitrogen and oxygen atoms in total. The Morgan fingerprint density at radius 3 is 2.64 bits per heavy atom. The fourth-order valence-corrected chi connectivity index (χ4v) is 1.50. The molecule has 1 atom stereocenters. The quantitative estimate of drug-likeness (QED) is 0.739. The van der Waals surface area contributed by atoms with Gasteiger partial charge in [0.25, 0.3) is 0 Å². The van der Waals surface area contributed by atoms with E-state index >= 15 is 0 Å². The maximum atomic E-state index is 5.66. The van der Waals surface area contributed by atoms with Crippen LogP contribution in [0.4, 0.5) is 0 Å². The van der Waals surface area contributed by atoms with E-state index in [0.29, 0.717) is 0 Å². The van der Waals surface area contributed by atoms with Gasteiger partial charge in [-0.1, -0.05) is 6.92 Å². The summed E-state index contributed by atoms with van der Waals surface area (Å²) in [6.45, 7) is 4.16. The Balaban J connectivity index is 2.23. The van der Waals surface area contributed by atoms with Crippen LogP contribution in [0.5, 0.6) is 0 Å². The van der Waals surface area contributed by atoms with Gasteiger partial charge in [0.1, 0.15) is 17.3 Å². The van der Waals surface area contributed by atoms with E-state index in [0.717, 1.165) is 23.7 Å². The van der Waals surface area contributed by atoms with Gasteiger partial charge in [-0.25, -0.2) is 0 Å². The van der Waals surface area contributed by atoms with Crippen molar-refractivity contribution in [2.75, 3.05) is 0 Å². The highest BCUT2D eigenvalue weighted by molar-refractivity contribution is 5.19. The van der Waals surface area contributed by atoms with Crippen molar-refractivity contribution in [1.29, 1.82) is 0 Å². The molecule has 2 aromatic rings. The highest BCUT2D eigenvalue weighted by Crippen LogP contribution is 2.25. The number of rotatable bonds is 3. The number of aryl methyl sites for hydroxylation is 1. The van der Waals surface area contributed by atoms with Gasteiger partial charge in [-0.15, -0.1) is 0 Å². The van der Waals surface area contributed by atoms with Gasteiger partial charge in [0.2, 0.25) is 0 Å². The average molecular weight is 190 g/mol. The Morgan fingerprint density at radius 1 is 1.21 bits per heavy atom. The van der Waals surface area contributed by atoms with E-state index in [2.05, 4.69) is 13.8 Å². The van der Waals surface area contributed by atoms with Crippen LogP contribution in [-0.2, 0) is 6.42 Å². The lowest BCUT2D eigenvalue weighted by Crippen LogP contribution is -1.91. The molecule has 0 aliphatic rings. The van der Waals surface area contributed by atoms with Gasteiger partial charge in [-0.05, 0) is 31.2 Å². The van der Waals surface area contributed by atoms with Crippen LogP contribution in [0.25, 0.3) is 0 Å². The third-order valence-corrected chi connectivity index (χ3v) is 2.43. The predicted octanol–water partition coefficient (Wildman–Crippen LogP) is 3.59. The van der Waals surface area contributed by atoms with Gasteiger partial charge in [-0.2, -0.15) is 0 Å². The topological polar surface area (TPSA) is 26.3 Å². The molecule has 14 heavy (non-hydrogen) atoms. The third-order valence-electron chi connectivity index (χ3n) is 2.43. The molecule has 0 amide bonds. The van der Waals surface area contributed by atoms with Crippen molar-refractivity contribution in [2.45, 2.75) is 26.2 Å². The zero-order chi connectivity index (χ0) is 9.97. The van der Waals surface area contributed by atoms with E-state index < -0.39 is 0 Å². The standard InChI is InChI=1S/C12H14O2/c1-3-10-6-7-12(14-10)9(2)11-5-4-8-13-11/h4-9H,3H2,1-2H3. The molecule has 2 rings (SSSR count).